The van der Waals surface area contributed by atoms with Crippen LogP contribution in [-0.2, 0) is 6.54 Å². The van der Waals surface area contributed by atoms with Crippen molar-refractivity contribution in [2.24, 2.45) is 5.92 Å². The van der Waals surface area contributed by atoms with Gasteiger partial charge in [-0.15, -0.1) is 10.2 Å². The Labute approximate surface area is 135 Å². The third-order valence-electron chi connectivity index (χ3n) is 4.41. The Balaban J connectivity index is 1.75. The first-order valence-corrected chi connectivity index (χ1v) is 8.11. The van der Waals surface area contributed by atoms with Crippen molar-refractivity contribution >= 4 is 5.91 Å². The van der Waals surface area contributed by atoms with Crippen LogP contribution in [0.5, 0.6) is 0 Å². The van der Waals surface area contributed by atoms with E-state index < -0.39 is 0 Å². The fourth-order valence-electron chi connectivity index (χ4n) is 3.05. The molecule has 0 spiro atoms. The molecule has 1 aliphatic rings. The molecule has 1 aliphatic heterocycles. The highest BCUT2D eigenvalue weighted by Crippen LogP contribution is 2.21. The van der Waals surface area contributed by atoms with Gasteiger partial charge in [0.1, 0.15) is 6.33 Å². The van der Waals surface area contributed by atoms with E-state index >= 15 is 0 Å². The number of hydrogen-bond donors (Lipinski definition) is 1. The van der Waals surface area contributed by atoms with Crippen molar-refractivity contribution in [2.45, 2.75) is 26.3 Å². The number of aryl methyl sites for hydroxylation is 1. The molecule has 1 fully saturated rings. The molecule has 1 aromatic heterocycles. The summed E-state index contributed by atoms with van der Waals surface area (Å²) in [5.74, 6) is 1.05. The van der Waals surface area contributed by atoms with Gasteiger partial charge in [-0.3, -0.25) is 4.79 Å². The fraction of sp³-hybridized carbons (Fsp3) is 0.471. The van der Waals surface area contributed by atoms with E-state index in [9.17, 15) is 9.90 Å². The summed E-state index contributed by atoms with van der Waals surface area (Å²) in [6.07, 6.45) is 3.65. The van der Waals surface area contributed by atoms with Crippen LogP contribution in [0.15, 0.2) is 30.6 Å². The molecule has 23 heavy (non-hydrogen) atoms. The van der Waals surface area contributed by atoms with Gasteiger partial charge in [-0.05, 0) is 37.8 Å². The molecular formula is C17H22N4O2. The van der Waals surface area contributed by atoms with Crippen LogP contribution in [0.3, 0.4) is 0 Å². The zero-order chi connectivity index (χ0) is 16.2. The van der Waals surface area contributed by atoms with Crippen LogP contribution < -0.4 is 0 Å². The summed E-state index contributed by atoms with van der Waals surface area (Å²) in [6.45, 7) is 4.40. The molecule has 2 aromatic rings. The maximum atomic E-state index is 12.6. The Bertz CT molecular complexity index is 665. The SMILES string of the molecule is CCn1cnnc1-c1ccc(C(=O)N2CCCC(CO)C2)cc1. The van der Waals surface area contributed by atoms with Gasteiger partial charge in [0.15, 0.2) is 5.82 Å². The number of nitrogens with zero attached hydrogens (tertiary/aromatic N) is 4. The van der Waals surface area contributed by atoms with Crippen LogP contribution in [0.1, 0.15) is 30.1 Å². The molecule has 1 aromatic carbocycles. The second-order valence-electron chi connectivity index (χ2n) is 5.96. The molecule has 0 aliphatic carbocycles. The Morgan fingerprint density at radius 2 is 2.13 bits per heavy atom. The van der Waals surface area contributed by atoms with Crippen molar-refractivity contribution in [3.8, 4) is 11.4 Å². The second-order valence-corrected chi connectivity index (χ2v) is 5.96. The van der Waals surface area contributed by atoms with Crippen LogP contribution in [-0.4, -0.2) is 50.4 Å². The predicted octanol–water partition coefficient (Wildman–Crippen LogP) is 1.81. The van der Waals surface area contributed by atoms with Gasteiger partial charge in [-0.1, -0.05) is 12.1 Å². The summed E-state index contributed by atoms with van der Waals surface area (Å²) in [4.78, 5) is 14.4. The molecular weight excluding hydrogens is 292 g/mol. The van der Waals surface area contributed by atoms with E-state index in [2.05, 4.69) is 10.2 Å². The maximum absolute atomic E-state index is 12.6. The van der Waals surface area contributed by atoms with Crippen molar-refractivity contribution in [3.63, 3.8) is 0 Å². The molecule has 0 bridgehead atoms. The summed E-state index contributed by atoms with van der Waals surface area (Å²) in [5, 5.41) is 17.4. The van der Waals surface area contributed by atoms with E-state index in [1.54, 1.807) is 6.33 Å². The summed E-state index contributed by atoms with van der Waals surface area (Å²) in [5.41, 5.74) is 1.63. The lowest BCUT2D eigenvalue weighted by Gasteiger charge is -2.31. The molecule has 2 heterocycles. The molecule has 6 heteroatoms. The van der Waals surface area contributed by atoms with Gasteiger partial charge in [0.05, 0.1) is 0 Å². The molecule has 1 amide bonds. The molecule has 1 saturated heterocycles. The monoisotopic (exact) mass is 314 g/mol. The Morgan fingerprint density at radius 1 is 1.35 bits per heavy atom. The van der Waals surface area contributed by atoms with Crippen molar-refractivity contribution in [2.75, 3.05) is 19.7 Å². The average Bonchev–Trinajstić information content (AvgIpc) is 3.10. The minimum absolute atomic E-state index is 0.0339. The maximum Gasteiger partial charge on any atom is 0.253 e. The van der Waals surface area contributed by atoms with Crippen LogP contribution in [0.4, 0.5) is 0 Å². The van der Waals surface area contributed by atoms with Crippen LogP contribution in [0.2, 0.25) is 0 Å². The van der Waals surface area contributed by atoms with Crippen molar-refractivity contribution < 1.29 is 9.90 Å². The summed E-state index contributed by atoms with van der Waals surface area (Å²) >= 11 is 0. The predicted molar refractivity (Wildman–Crippen MR) is 86.8 cm³/mol. The third-order valence-corrected chi connectivity index (χ3v) is 4.41. The number of hydrogen-bond acceptors (Lipinski definition) is 4. The molecule has 6 nitrogen and oxygen atoms in total. The van der Waals surface area contributed by atoms with Crippen molar-refractivity contribution in [1.29, 1.82) is 0 Å². The van der Waals surface area contributed by atoms with Gasteiger partial charge >= 0.3 is 0 Å². The number of benzene rings is 1. The smallest absolute Gasteiger partial charge is 0.253 e. The third kappa shape index (κ3) is 3.27. The standard InChI is InChI=1S/C17H22N4O2/c1-2-20-12-18-19-16(20)14-5-7-15(8-6-14)17(23)21-9-3-4-13(10-21)11-22/h5-8,12-13,22H,2-4,9-11H2,1H3. The lowest BCUT2D eigenvalue weighted by atomic mass is 9.98. The lowest BCUT2D eigenvalue weighted by molar-refractivity contribution is 0.0621. The van der Waals surface area contributed by atoms with Crippen LogP contribution in [0, 0.1) is 5.92 Å². The Morgan fingerprint density at radius 3 is 2.83 bits per heavy atom. The Hall–Kier alpha value is -2.21. The molecule has 1 N–H and O–H groups in total. The van der Waals surface area contributed by atoms with E-state index in [0.717, 1.165) is 37.3 Å². The first-order chi connectivity index (χ1) is 11.2. The first-order valence-electron chi connectivity index (χ1n) is 8.11. The summed E-state index contributed by atoms with van der Waals surface area (Å²) in [7, 11) is 0. The van der Waals surface area contributed by atoms with Gasteiger partial charge in [0, 0.05) is 37.4 Å². The van der Waals surface area contributed by atoms with Gasteiger partial charge < -0.3 is 14.6 Å². The number of carbonyl (C=O) groups is 1. The van der Waals surface area contributed by atoms with Gasteiger partial charge in [-0.2, -0.15) is 0 Å². The van der Waals surface area contributed by atoms with Gasteiger partial charge in [0.25, 0.3) is 5.91 Å². The Kier molecular flexibility index (Phi) is 4.71. The number of aliphatic hydroxyl groups is 1. The molecule has 1 atom stereocenters. The molecule has 0 radical (unpaired) electrons. The van der Waals surface area contributed by atoms with E-state index in [4.69, 9.17) is 0 Å². The van der Waals surface area contributed by atoms with Crippen molar-refractivity contribution in [3.05, 3.63) is 36.2 Å². The largest absolute Gasteiger partial charge is 0.396 e. The number of aromatic nitrogens is 3. The number of carbonyl (C=O) groups excluding carboxylic acids is 1. The molecule has 1 unspecified atom stereocenters. The highest BCUT2D eigenvalue weighted by atomic mass is 16.3. The van der Waals surface area contributed by atoms with E-state index in [1.807, 2.05) is 40.7 Å². The average molecular weight is 314 g/mol. The van der Waals surface area contributed by atoms with E-state index in [-0.39, 0.29) is 18.4 Å². The zero-order valence-corrected chi connectivity index (χ0v) is 13.4. The number of rotatable bonds is 4. The molecule has 3 rings (SSSR count). The summed E-state index contributed by atoms with van der Waals surface area (Å²) in [6, 6.07) is 7.51. The molecule has 0 saturated carbocycles. The minimum Gasteiger partial charge on any atom is -0.396 e. The lowest BCUT2D eigenvalue weighted by Crippen LogP contribution is -2.40. The number of likely N-dealkylation sites (tertiary alicyclic amines) is 1. The highest BCUT2D eigenvalue weighted by molar-refractivity contribution is 5.94. The highest BCUT2D eigenvalue weighted by Gasteiger charge is 2.24. The van der Waals surface area contributed by atoms with Crippen LogP contribution >= 0.6 is 0 Å². The minimum atomic E-state index is 0.0339. The van der Waals surface area contributed by atoms with E-state index in [1.165, 1.54) is 0 Å². The quantitative estimate of drug-likeness (QED) is 0.934. The zero-order valence-electron chi connectivity index (χ0n) is 13.4. The van der Waals surface area contributed by atoms with Crippen LogP contribution in [0.25, 0.3) is 11.4 Å². The fourth-order valence-corrected chi connectivity index (χ4v) is 3.05. The van der Waals surface area contributed by atoms with Gasteiger partial charge in [0.2, 0.25) is 0 Å². The number of amides is 1. The summed E-state index contributed by atoms with van der Waals surface area (Å²) < 4.78 is 1.97. The normalized spacial score (nSPS) is 18.2. The van der Waals surface area contributed by atoms with E-state index in [0.29, 0.717) is 12.1 Å². The van der Waals surface area contributed by atoms with Gasteiger partial charge in [-0.25, -0.2) is 0 Å². The topological polar surface area (TPSA) is 71.2 Å². The molecule has 122 valence electrons. The number of aliphatic hydroxyl groups excluding tert-OH is 1. The second kappa shape index (κ2) is 6.91. The van der Waals surface area contributed by atoms with Crippen molar-refractivity contribution in [1.82, 2.24) is 19.7 Å². The number of piperidine rings is 1. The first kappa shape index (κ1) is 15.7.